The van der Waals surface area contributed by atoms with Crippen molar-refractivity contribution in [3.05, 3.63) is 29.6 Å². The molecule has 0 amide bonds. The fourth-order valence-electron chi connectivity index (χ4n) is 1.81. The fraction of sp³-hybridized carbons (Fsp3) is 0.538. The van der Waals surface area contributed by atoms with Gasteiger partial charge >= 0.3 is 6.18 Å². The Morgan fingerprint density at radius 3 is 2.35 bits per heavy atom. The first-order valence-electron chi connectivity index (χ1n) is 6.08. The Morgan fingerprint density at radius 2 is 1.80 bits per heavy atom. The van der Waals surface area contributed by atoms with Gasteiger partial charge in [-0.05, 0) is 32.0 Å². The van der Waals surface area contributed by atoms with Crippen LogP contribution in [0.3, 0.4) is 0 Å². The first kappa shape index (κ1) is 15.1. The monoisotopic (exact) mass is 293 g/mol. The SMILES string of the molecule is CC1(C)OCC(Nc2cc(C(F)(F)F)ccc2F)CO1. The molecule has 2 rings (SSSR count). The van der Waals surface area contributed by atoms with Gasteiger partial charge in [0.2, 0.25) is 0 Å². The highest BCUT2D eigenvalue weighted by atomic mass is 19.4. The number of hydrogen-bond donors (Lipinski definition) is 1. The molecule has 0 saturated carbocycles. The Morgan fingerprint density at radius 1 is 1.20 bits per heavy atom. The molecule has 112 valence electrons. The van der Waals surface area contributed by atoms with Gasteiger partial charge in [-0.3, -0.25) is 0 Å². The van der Waals surface area contributed by atoms with E-state index in [1.165, 1.54) is 0 Å². The van der Waals surface area contributed by atoms with Crippen LogP contribution < -0.4 is 5.32 Å². The average molecular weight is 293 g/mol. The lowest BCUT2D eigenvalue weighted by molar-refractivity contribution is -0.247. The van der Waals surface area contributed by atoms with E-state index in [2.05, 4.69) is 5.32 Å². The quantitative estimate of drug-likeness (QED) is 0.848. The largest absolute Gasteiger partial charge is 0.416 e. The summed E-state index contributed by atoms with van der Waals surface area (Å²) in [6.07, 6.45) is -4.51. The van der Waals surface area contributed by atoms with Crippen LogP contribution in [-0.4, -0.2) is 25.0 Å². The van der Waals surface area contributed by atoms with E-state index >= 15 is 0 Å². The topological polar surface area (TPSA) is 30.5 Å². The molecular weight excluding hydrogens is 278 g/mol. The molecule has 1 aromatic rings. The Kier molecular flexibility index (Phi) is 3.93. The third kappa shape index (κ3) is 3.61. The molecule has 1 aliphatic heterocycles. The van der Waals surface area contributed by atoms with Crippen LogP contribution in [0.5, 0.6) is 0 Å². The van der Waals surface area contributed by atoms with Crippen LogP contribution >= 0.6 is 0 Å². The Bertz CT molecular complexity index is 478. The van der Waals surface area contributed by atoms with E-state index in [4.69, 9.17) is 9.47 Å². The van der Waals surface area contributed by atoms with Crippen LogP contribution in [0.1, 0.15) is 19.4 Å². The van der Waals surface area contributed by atoms with E-state index in [0.717, 1.165) is 12.1 Å². The molecule has 0 aromatic heterocycles. The van der Waals surface area contributed by atoms with Gasteiger partial charge in [0.1, 0.15) is 5.82 Å². The fourth-order valence-corrected chi connectivity index (χ4v) is 1.81. The van der Waals surface area contributed by atoms with Crippen molar-refractivity contribution in [3.63, 3.8) is 0 Å². The molecule has 3 nitrogen and oxygen atoms in total. The first-order valence-corrected chi connectivity index (χ1v) is 6.08. The Labute approximate surface area is 113 Å². The van der Waals surface area contributed by atoms with Gasteiger partial charge in [-0.25, -0.2) is 4.39 Å². The number of benzene rings is 1. The number of anilines is 1. The molecule has 20 heavy (non-hydrogen) atoms. The molecule has 1 aromatic carbocycles. The molecular formula is C13H15F4NO2. The van der Waals surface area contributed by atoms with Crippen molar-refractivity contribution >= 4 is 5.69 Å². The number of halogens is 4. The smallest absolute Gasteiger partial charge is 0.375 e. The molecule has 7 heteroatoms. The second-order valence-electron chi connectivity index (χ2n) is 5.06. The van der Waals surface area contributed by atoms with Crippen LogP contribution in [0.4, 0.5) is 23.2 Å². The number of nitrogens with one attached hydrogen (secondary N) is 1. The highest BCUT2D eigenvalue weighted by Crippen LogP contribution is 2.32. The third-order valence-electron chi connectivity index (χ3n) is 2.92. The minimum absolute atomic E-state index is 0.211. The summed E-state index contributed by atoms with van der Waals surface area (Å²) < 4.78 is 62.0. The maximum atomic E-state index is 13.6. The summed E-state index contributed by atoms with van der Waals surface area (Å²) in [6.45, 7) is 3.91. The minimum Gasteiger partial charge on any atom is -0.375 e. The van der Waals surface area contributed by atoms with Gasteiger partial charge in [-0.1, -0.05) is 0 Å². The lowest BCUT2D eigenvalue weighted by atomic mass is 10.1. The molecule has 0 bridgehead atoms. The zero-order chi connectivity index (χ0) is 15.0. The van der Waals surface area contributed by atoms with Gasteiger partial charge in [0, 0.05) is 0 Å². The van der Waals surface area contributed by atoms with Gasteiger partial charge < -0.3 is 14.8 Å². The van der Waals surface area contributed by atoms with Gasteiger partial charge in [0.15, 0.2) is 5.79 Å². The third-order valence-corrected chi connectivity index (χ3v) is 2.92. The minimum atomic E-state index is -4.51. The maximum absolute atomic E-state index is 13.6. The molecule has 0 aliphatic carbocycles. The van der Waals surface area contributed by atoms with Crippen LogP contribution in [0.15, 0.2) is 18.2 Å². The van der Waals surface area contributed by atoms with Gasteiger partial charge in [0.05, 0.1) is 30.5 Å². The predicted molar refractivity (Wildman–Crippen MR) is 64.8 cm³/mol. The van der Waals surface area contributed by atoms with Crippen molar-refractivity contribution in [2.45, 2.75) is 31.9 Å². The van der Waals surface area contributed by atoms with Crippen molar-refractivity contribution in [2.24, 2.45) is 0 Å². The number of rotatable bonds is 2. The lowest BCUT2D eigenvalue weighted by Gasteiger charge is -2.35. The summed E-state index contributed by atoms with van der Waals surface area (Å²) in [5.74, 6) is -1.48. The summed E-state index contributed by atoms with van der Waals surface area (Å²) in [6, 6.07) is 1.84. The highest BCUT2D eigenvalue weighted by Gasteiger charge is 2.32. The molecule has 1 saturated heterocycles. The summed E-state index contributed by atoms with van der Waals surface area (Å²) >= 11 is 0. The summed E-state index contributed by atoms with van der Waals surface area (Å²) in [5, 5.41) is 2.67. The molecule has 0 spiro atoms. The van der Waals surface area contributed by atoms with E-state index in [1.54, 1.807) is 13.8 Å². The van der Waals surface area contributed by atoms with Crippen LogP contribution in [-0.2, 0) is 15.7 Å². The molecule has 0 atom stereocenters. The van der Waals surface area contributed by atoms with Gasteiger partial charge in [-0.15, -0.1) is 0 Å². The van der Waals surface area contributed by atoms with Crippen molar-refractivity contribution in [1.29, 1.82) is 0 Å². The second kappa shape index (κ2) is 5.21. The normalized spacial score (nSPS) is 19.9. The number of alkyl halides is 3. The van der Waals surface area contributed by atoms with Crippen molar-refractivity contribution < 1.29 is 27.0 Å². The molecule has 1 aliphatic rings. The van der Waals surface area contributed by atoms with Crippen molar-refractivity contribution in [1.82, 2.24) is 0 Å². The van der Waals surface area contributed by atoms with E-state index < -0.39 is 29.4 Å². The van der Waals surface area contributed by atoms with Crippen LogP contribution in [0.2, 0.25) is 0 Å². The molecule has 1 fully saturated rings. The summed E-state index contributed by atoms with van der Waals surface area (Å²) in [5.41, 5.74) is -1.11. The van der Waals surface area contributed by atoms with Crippen LogP contribution in [0.25, 0.3) is 0 Å². The van der Waals surface area contributed by atoms with Crippen LogP contribution in [0, 0.1) is 5.82 Å². The standard InChI is InChI=1S/C13H15F4NO2/c1-12(2)19-6-9(7-20-12)18-11-5-8(13(15,16)17)3-4-10(11)14/h3-5,9,18H,6-7H2,1-2H3. The number of ether oxygens (including phenoxy) is 2. The van der Waals surface area contributed by atoms with E-state index in [1.807, 2.05) is 0 Å². The van der Waals surface area contributed by atoms with E-state index in [0.29, 0.717) is 6.07 Å². The molecule has 0 unspecified atom stereocenters. The second-order valence-corrected chi connectivity index (χ2v) is 5.06. The Balaban J connectivity index is 2.10. The zero-order valence-corrected chi connectivity index (χ0v) is 11.1. The first-order chi connectivity index (χ1) is 9.17. The van der Waals surface area contributed by atoms with Crippen molar-refractivity contribution in [3.8, 4) is 0 Å². The summed E-state index contributed by atoms with van der Waals surface area (Å²) in [7, 11) is 0. The maximum Gasteiger partial charge on any atom is 0.416 e. The lowest BCUT2D eigenvalue weighted by Crippen LogP contribution is -2.45. The van der Waals surface area contributed by atoms with Gasteiger partial charge in [0.25, 0.3) is 0 Å². The van der Waals surface area contributed by atoms with Crippen molar-refractivity contribution in [2.75, 3.05) is 18.5 Å². The molecule has 1 heterocycles. The average Bonchev–Trinajstić information content (AvgIpc) is 2.33. The molecule has 1 N–H and O–H groups in total. The van der Waals surface area contributed by atoms with E-state index in [9.17, 15) is 17.6 Å². The summed E-state index contributed by atoms with van der Waals surface area (Å²) in [4.78, 5) is 0. The molecule has 0 radical (unpaired) electrons. The number of hydrogen-bond acceptors (Lipinski definition) is 3. The highest BCUT2D eigenvalue weighted by molar-refractivity contribution is 5.49. The van der Waals surface area contributed by atoms with Gasteiger partial charge in [-0.2, -0.15) is 13.2 Å². The predicted octanol–water partition coefficient (Wildman–Crippen LogP) is 3.41. The van der Waals surface area contributed by atoms with E-state index in [-0.39, 0.29) is 18.9 Å². The Hall–Kier alpha value is -1.34. The zero-order valence-electron chi connectivity index (χ0n) is 11.1.